The summed E-state index contributed by atoms with van der Waals surface area (Å²) < 4.78 is 5.13. The molecule has 2 heteroatoms. The Balaban J connectivity index is 1.07. The van der Waals surface area contributed by atoms with Crippen LogP contribution >= 0.6 is 11.3 Å². The fourth-order valence-corrected chi connectivity index (χ4v) is 10.6. The third-order valence-electron chi connectivity index (χ3n) is 11.9. The maximum Gasteiger partial charge on any atom is 0.0547 e. The van der Waals surface area contributed by atoms with Gasteiger partial charge in [0, 0.05) is 42.0 Å². The molecule has 1 nitrogen and oxygen atoms in total. The zero-order valence-corrected chi connectivity index (χ0v) is 29.1. The zero-order chi connectivity index (χ0) is 33.6. The first kappa shape index (κ1) is 27.8. The molecule has 0 amide bonds. The number of fused-ring (bicyclic) bond motifs is 12. The minimum absolute atomic E-state index is 0.0372. The minimum atomic E-state index is -0.0372. The van der Waals surface area contributed by atoms with Crippen LogP contribution in [0, 0.1) is 0 Å². The molecular formula is C49H31NS. The first-order valence-corrected chi connectivity index (χ1v) is 18.7. The fraction of sp³-hybridized carbons (Fsp3) is 0.0612. The van der Waals surface area contributed by atoms with Gasteiger partial charge in [-0.15, -0.1) is 11.3 Å². The highest BCUT2D eigenvalue weighted by Crippen LogP contribution is 2.52. The third-order valence-corrected chi connectivity index (χ3v) is 13.1. The van der Waals surface area contributed by atoms with Crippen molar-refractivity contribution in [3.05, 3.63) is 163 Å². The van der Waals surface area contributed by atoms with Gasteiger partial charge in [-0.05, 0) is 115 Å². The SMILES string of the molecule is CC1(C)c2ccccc2-c2cc3c(cc21)c1ccccc1n3-c1ccc2sc3ccc(-c4ccc5c6c(cccc46)-c4ccccc4-5)cc3c2c1. The van der Waals surface area contributed by atoms with Crippen LogP contribution in [0.5, 0.6) is 0 Å². The smallest absolute Gasteiger partial charge is 0.0547 e. The lowest BCUT2D eigenvalue weighted by Gasteiger charge is -2.21. The van der Waals surface area contributed by atoms with E-state index in [4.69, 9.17) is 0 Å². The maximum atomic E-state index is 2.49. The van der Waals surface area contributed by atoms with E-state index in [2.05, 4.69) is 170 Å². The van der Waals surface area contributed by atoms with Gasteiger partial charge >= 0.3 is 0 Å². The molecule has 0 aliphatic heterocycles. The molecule has 0 bridgehead atoms. The summed E-state index contributed by atoms with van der Waals surface area (Å²) in [5.41, 5.74) is 17.1. The molecule has 8 aromatic carbocycles. The number of aromatic nitrogens is 1. The zero-order valence-electron chi connectivity index (χ0n) is 28.3. The van der Waals surface area contributed by atoms with Crippen LogP contribution in [-0.2, 0) is 5.41 Å². The summed E-state index contributed by atoms with van der Waals surface area (Å²) in [5.74, 6) is 0. The lowest BCUT2D eigenvalue weighted by atomic mass is 9.82. The number of thiophene rings is 1. The second kappa shape index (κ2) is 9.63. The second-order valence-electron chi connectivity index (χ2n) is 14.9. The van der Waals surface area contributed by atoms with Gasteiger partial charge in [0.25, 0.3) is 0 Å². The lowest BCUT2D eigenvalue weighted by Crippen LogP contribution is -2.14. The van der Waals surface area contributed by atoms with Crippen LogP contribution in [0.25, 0.3) is 103 Å². The molecule has 2 aliphatic rings. The molecule has 2 heterocycles. The molecule has 0 N–H and O–H groups in total. The van der Waals surface area contributed by atoms with Gasteiger partial charge < -0.3 is 4.57 Å². The minimum Gasteiger partial charge on any atom is -0.309 e. The van der Waals surface area contributed by atoms with Crippen molar-refractivity contribution in [2.75, 3.05) is 0 Å². The van der Waals surface area contributed by atoms with E-state index in [1.165, 1.54) is 114 Å². The van der Waals surface area contributed by atoms with E-state index in [0.29, 0.717) is 0 Å². The molecule has 0 saturated carbocycles. The van der Waals surface area contributed by atoms with Gasteiger partial charge in [0.15, 0.2) is 0 Å². The highest BCUT2D eigenvalue weighted by molar-refractivity contribution is 7.25. The molecule has 0 fully saturated rings. The molecule has 0 spiro atoms. The van der Waals surface area contributed by atoms with Gasteiger partial charge in [0.05, 0.1) is 11.0 Å². The summed E-state index contributed by atoms with van der Waals surface area (Å²) in [4.78, 5) is 0. The molecule has 0 unspecified atom stereocenters. The molecule has 0 atom stereocenters. The summed E-state index contributed by atoms with van der Waals surface area (Å²) in [6, 6.07) is 57.3. The molecule has 10 aromatic rings. The maximum absolute atomic E-state index is 2.49. The van der Waals surface area contributed by atoms with E-state index in [1.54, 1.807) is 0 Å². The average molecular weight is 666 g/mol. The Bertz CT molecular complexity index is 3140. The molecule has 238 valence electrons. The van der Waals surface area contributed by atoms with E-state index in [1.807, 2.05) is 11.3 Å². The summed E-state index contributed by atoms with van der Waals surface area (Å²) in [5, 5.41) is 7.94. The van der Waals surface area contributed by atoms with Crippen molar-refractivity contribution in [1.29, 1.82) is 0 Å². The van der Waals surface area contributed by atoms with Crippen LogP contribution in [0.15, 0.2) is 152 Å². The van der Waals surface area contributed by atoms with Gasteiger partial charge in [0.2, 0.25) is 0 Å². The fourth-order valence-electron chi connectivity index (χ4n) is 9.57. The highest BCUT2D eigenvalue weighted by Gasteiger charge is 2.36. The number of hydrogen-bond acceptors (Lipinski definition) is 1. The quantitative estimate of drug-likeness (QED) is 0.173. The summed E-state index contributed by atoms with van der Waals surface area (Å²) in [7, 11) is 0. The normalized spacial score (nSPS) is 13.8. The van der Waals surface area contributed by atoms with Gasteiger partial charge in [-0.2, -0.15) is 0 Å². The van der Waals surface area contributed by atoms with E-state index in [9.17, 15) is 0 Å². The van der Waals surface area contributed by atoms with Gasteiger partial charge in [-0.25, -0.2) is 0 Å². The lowest BCUT2D eigenvalue weighted by molar-refractivity contribution is 0.661. The monoisotopic (exact) mass is 665 g/mol. The largest absolute Gasteiger partial charge is 0.309 e. The summed E-state index contributed by atoms with van der Waals surface area (Å²) in [6.45, 7) is 4.74. The molecule has 51 heavy (non-hydrogen) atoms. The molecule has 0 saturated heterocycles. The van der Waals surface area contributed by atoms with Crippen LogP contribution in [-0.4, -0.2) is 4.57 Å². The Kier molecular flexibility index (Phi) is 5.25. The molecule has 2 aliphatic carbocycles. The number of hydrogen-bond donors (Lipinski definition) is 0. The van der Waals surface area contributed by atoms with E-state index in [0.717, 1.165) is 0 Å². The molecule has 2 aromatic heterocycles. The highest BCUT2D eigenvalue weighted by atomic mass is 32.1. The van der Waals surface area contributed by atoms with E-state index >= 15 is 0 Å². The average Bonchev–Trinajstić information content (AvgIpc) is 3.87. The third kappa shape index (κ3) is 3.55. The van der Waals surface area contributed by atoms with Crippen molar-refractivity contribution in [3.8, 4) is 50.2 Å². The van der Waals surface area contributed by atoms with Gasteiger partial charge in [0.1, 0.15) is 0 Å². The Hall–Kier alpha value is -5.96. The van der Waals surface area contributed by atoms with Gasteiger partial charge in [-0.1, -0.05) is 117 Å². The second-order valence-corrected chi connectivity index (χ2v) is 15.9. The Morgan fingerprint density at radius 3 is 1.94 bits per heavy atom. The van der Waals surface area contributed by atoms with Crippen molar-refractivity contribution in [2.24, 2.45) is 0 Å². The van der Waals surface area contributed by atoms with Crippen molar-refractivity contribution >= 4 is 64.1 Å². The predicted octanol–water partition coefficient (Wildman–Crippen LogP) is 13.9. The number of rotatable bonds is 2. The van der Waals surface area contributed by atoms with Crippen LogP contribution < -0.4 is 0 Å². The number of nitrogens with zero attached hydrogens (tertiary/aromatic N) is 1. The van der Waals surface area contributed by atoms with Crippen LogP contribution in [0.1, 0.15) is 25.0 Å². The van der Waals surface area contributed by atoms with Crippen LogP contribution in [0.3, 0.4) is 0 Å². The van der Waals surface area contributed by atoms with Crippen LogP contribution in [0.4, 0.5) is 0 Å². The first-order valence-electron chi connectivity index (χ1n) is 17.8. The number of para-hydroxylation sites is 1. The Morgan fingerprint density at radius 1 is 0.412 bits per heavy atom. The molecule has 12 rings (SSSR count). The Morgan fingerprint density at radius 2 is 1.08 bits per heavy atom. The molecular weight excluding hydrogens is 635 g/mol. The van der Waals surface area contributed by atoms with Crippen molar-refractivity contribution in [1.82, 2.24) is 4.57 Å². The first-order chi connectivity index (χ1) is 25.0. The summed E-state index contributed by atoms with van der Waals surface area (Å²) >= 11 is 1.89. The van der Waals surface area contributed by atoms with Gasteiger partial charge in [-0.3, -0.25) is 0 Å². The molecule has 0 radical (unpaired) electrons. The summed E-state index contributed by atoms with van der Waals surface area (Å²) in [6.07, 6.45) is 0. The Labute approximate surface area is 299 Å². The predicted molar refractivity (Wildman–Crippen MR) is 219 cm³/mol. The van der Waals surface area contributed by atoms with Crippen LogP contribution in [0.2, 0.25) is 0 Å². The topological polar surface area (TPSA) is 4.93 Å². The number of benzene rings is 8. The van der Waals surface area contributed by atoms with Crippen molar-refractivity contribution in [2.45, 2.75) is 19.3 Å². The van der Waals surface area contributed by atoms with Crippen molar-refractivity contribution < 1.29 is 0 Å². The van der Waals surface area contributed by atoms with E-state index in [-0.39, 0.29) is 5.41 Å². The van der Waals surface area contributed by atoms with Crippen molar-refractivity contribution in [3.63, 3.8) is 0 Å². The van der Waals surface area contributed by atoms with E-state index < -0.39 is 0 Å². The standard InChI is InChI=1S/C49H31NS/c1-49(2)42-16-7-5-12-33(42)38-27-45-39(26-43(38)49)34-13-6-8-17-44(34)50(45)29-19-23-47-41(25-29)40-24-28(18-22-46(40)51-47)30-20-21-37-32-11-4-3-10-31(32)36-15-9-14-35(30)48(36)37/h3-27H,1-2H3.